The van der Waals surface area contributed by atoms with Crippen LogP contribution >= 0.6 is 0 Å². The molecule has 0 aliphatic heterocycles. The number of nitrogens with zero attached hydrogens (tertiary/aromatic N) is 5. The highest BCUT2D eigenvalue weighted by Gasteiger charge is 2.27. The second kappa shape index (κ2) is 7.90. The molecule has 0 atom stereocenters. The van der Waals surface area contributed by atoms with Crippen LogP contribution in [-0.2, 0) is 11.2 Å². The molecule has 0 bridgehead atoms. The van der Waals surface area contributed by atoms with Crippen LogP contribution in [0.3, 0.4) is 0 Å². The molecule has 0 spiro atoms. The highest BCUT2D eigenvalue weighted by Crippen LogP contribution is 2.24. The van der Waals surface area contributed by atoms with Crippen LogP contribution in [0.1, 0.15) is 5.56 Å². The Hall–Kier alpha value is -3.82. The largest absolute Gasteiger partial charge is 0.405 e. The summed E-state index contributed by atoms with van der Waals surface area (Å²) in [6.07, 6.45) is 1.97. The number of imidazole rings is 1. The van der Waals surface area contributed by atoms with Crippen molar-refractivity contribution in [2.75, 3.05) is 6.54 Å². The molecule has 1 amide bonds. The minimum absolute atomic E-state index is 0.150. The second-order valence-corrected chi connectivity index (χ2v) is 6.52. The van der Waals surface area contributed by atoms with Crippen LogP contribution in [-0.4, -0.2) is 43.2 Å². The number of benzene rings is 1. The summed E-state index contributed by atoms with van der Waals surface area (Å²) in [7, 11) is 0. The summed E-state index contributed by atoms with van der Waals surface area (Å²) in [4.78, 5) is 20.4. The number of rotatable bonds is 5. The van der Waals surface area contributed by atoms with Gasteiger partial charge in [0.2, 0.25) is 5.91 Å². The predicted octanol–water partition coefficient (Wildman–Crippen LogP) is 3.07. The van der Waals surface area contributed by atoms with Gasteiger partial charge >= 0.3 is 6.18 Å². The summed E-state index contributed by atoms with van der Waals surface area (Å²) in [5, 5.41) is 9.68. The van der Waals surface area contributed by atoms with Gasteiger partial charge < -0.3 is 5.32 Å². The van der Waals surface area contributed by atoms with E-state index in [-0.39, 0.29) is 6.42 Å². The van der Waals surface area contributed by atoms with Crippen molar-refractivity contribution >= 4 is 11.6 Å². The molecule has 0 saturated heterocycles. The van der Waals surface area contributed by atoms with E-state index in [0.717, 1.165) is 16.8 Å². The molecule has 1 aromatic carbocycles. The number of fused-ring (bicyclic) bond motifs is 1. The van der Waals surface area contributed by atoms with Crippen LogP contribution in [0.5, 0.6) is 0 Å². The van der Waals surface area contributed by atoms with Gasteiger partial charge in [0.05, 0.1) is 24.5 Å². The molecule has 0 radical (unpaired) electrons. The summed E-state index contributed by atoms with van der Waals surface area (Å²) in [5.41, 5.74) is 3.60. The molecule has 10 heteroatoms. The summed E-state index contributed by atoms with van der Waals surface area (Å²) >= 11 is 0. The lowest BCUT2D eigenvalue weighted by Gasteiger charge is -2.09. The fraction of sp³-hybridized carbons (Fsp3) is 0.150. The molecule has 1 N–H and O–H groups in total. The fourth-order valence-corrected chi connectivity index (χ4v) is 3.00. The maximum Gasteiger partial charge on any atom is 0.405 e. The van der Waals surface area contributed by atoms with Crippen molar-refractivity contribution in [1.82, 2.24) is 29.9 Å². The topological polar surface area (TPSA) is 85.1 Å². The number of halogens is 3. The van der Waals surface area contributed by atoms with Crippen LogP contribution in [0.15, 0.2) is 61.2 Å². The Bertz CT molecular complexity index is 1190. The Kier molecular flexibility index (Phi) is 5.13. The zero-order valence-corrected chi connectivity index (χ0v) is 15.5. The van der Waals surface area contributed by atoms with Crippen LogP contribution in [0.2, 0.25) is 0 Å². The fourth-order valence-electron chi connectivity index (χ4n) is 3.00. The molecular formula is C20H15F3N6O. The van der Waals surface area contributed by atoms with E-state index in [1.165, 1.54) is 6.20 Å². The highest BCUT2D eigenvalue weighted by atomic mass is 19.4. The monoisotopic (exact) mass is 412 g/mol. The standard InChI is InChI=1S/C20H15F3N6O/c21-20(22,23)12-26-18(30)9-13-2-1-3-14(8-13)16-11-25-17-10-15(4-7-29(16)17)19-24-5-6-27-28-19/h1-8,10-11H,9,12H2,(H,26,30). The summed E-state index contributed by atoms with van der Waals surface area (Å²) < 4.78 is 38.6. The van der Waals surface area contributed by atoms with Gasteiger partial charge in [-0.15, -0.1) is 5.10 Å². The van der Waals surface area contributed by atoms with E-state index >= 15 is 0 Å². The van der Waals surface area contributed by atoms with Gasteiger partial charge in [-0.25, -0.2) is 9.97 Å². The van der Waals surface area contributed by atoms with E-state index in [4.69, 9.17) is 0 Å². The molecular weight excluding hydrogens is 397 g/mol. The first-order valence-electron chi connectivity index (χ1n) is 8.93. The average Bonchev–Trinajstić information content (AvgIpc) is 3.16. The van der Waals surface area contributed by atoms with Crippen molar-refractivity contribution in [3.63, 3.8) is 0 Å². The van der Waals surface area contributed by atoms with E-state index in [1.807, 2.05) is 34.1 Å². The molecule has 0 saturated carbocycles. The molecule has 4 rings (SSSR count). The maximum absolute atomic E-state index is 12.3. The minimum Gasteiger partial charge on any atom is -0.347 e. The summed E-state index contributed by atoms with van der Waals surface area (Å²) in [6, 6.07) is 10.7. The molecule has 152 valence electrons. The van der Waals surface area contributed by atoms with Crippen LogP contribution in [0.4, 0.5) is 13.2 Å². The van der Waals surface area contributed by atoms with E-state index < -0.39 is 18.6 Å². The Morgan fingerprint density at radius 2 is 1.93 bits per heavy atom. The zero-order valence-electron chi connectivity index (χ0n) is 15.5. The van der Waals surface area contributed by atoms with Gasteiger partial charge in [0.25, 0.3) is 0 Å². The second-order valence-electron chi connectivity index (χ2n) is 6.52. The SMILES string of the molecule is O=C(Cc1cccc(-c2cnc3cc(-c4nccnn4)ccn23)c1)NCC(F)(F)F. The summed E-state index contributed by atoms with van der Waals surface area (Å²) in [6.45, 7) is -1.35. The molecule has 30 heavy (non-hydrogen) atoms. The van der Waals surface area contributed by atoms with Crippen molar-refractivity contribution in [3.8, 4) is 22.6 Å². The number of nitrogens with one attached hydrogen (secondary N) is 1. The van der Waals surface area contributed by atoms with Gasteiger partial charge in [0.15, 0.2) is 5.82 Å². The molecule has 3 aromatic heterocycles. The molecule has 4 aromatic rings. The number of alkyl halides is 3. The van der Waals surface area contributed by atoms with Gasteiger partial charge in [-0.1, -0.05) is 18.2 Å². The van der Waals surface area contributed by atoms with Crippen LogP contribution < -0.4 is 5.32 Å². The first-order valence-corrected chi connectivity index (χ1v) is 8.93. The Labute approximate surface area is 168 Å². The van der Waals surface area contributed by atoms with Crippen LogP contribution in [0.25, 0.3) is 28.3 Å². The number of carbonyl (C=O) groups is 1. The van der Waals surface area contributed by atoms with E-state index in [0.29, 0.717) is 17.0 Å². The number of hydrogen-bond donors (Lipinski definition) is 1. The van der Waals surface area contributed by atoms with Crippen molar-refractivity contribution < 1.29 is 18.0 Å². The van der Waals surface area contributed by atoms with E-state index in [2.05, 4.69) is 20.2 Å². The number of amides is 1. The lowest BCUT2D eigenvalue weighted by atomic mass is 10.1. The van der Waals surface area contributed by atoms with Gasteiger partial charge in [-0.2, -0.15) is 18.3 Å². The van der Waals surface area contributed by atoms with E-state index in [9.17, 15) is 18.0 Å². The molecule has 0 unspecified atom stereocenters. The van der Waals surface area contributed by atoms with Gasteiger partial charge in [0, 0.05) is 23.5 Å². The molecule has 3 heterocycles. The Morgan fingerprint density at radius 1 is 1.07 bits per heavy atom. The third-order valence-corrected chi connectivity index (χ3v) is 4.33. The van der Waals surface area contributed by atoms with Crippen molar-refractivity contribution in [1.29, 1.82) is 0 Å². The highest BCUT2D eigenvalue weighted by molar-refractivity contribution is 5.79. The Balaban J connectivity index is 1.57. The molecule has 0 aliphatic rings. The number of hydrogen-bond acceptors (Lipinski definition) is 5. The average molecular weight is 412 g/mol. The molecule has 7 nitrogen and oxygen atoms in total. The quantitative estimate of drug-likeness (QED) is 0.545. The lowest BCUT2D eigenvalue weighted by Crippen LogP contribution is -2.34. The number of aromatic nitrogens is 5. The molecule has 0 fully saturated rings. The minimum atomic E-state index is -4.44. The smallest absolute Gasteiger partial charge is 0.347 e. The van der Waals surface area contributed by atoms with Crippen molar-refractivity contribution in [2.45, 2.75) is 12.6 Å². The maximum atomic E-state index is 12.3. The third kappa shape index (κ3) is 4.43. The first kappa shape index (κ1) is 19.5. The van der Waals surface area contributed by atoms with Gasteiger partial charge in [-0.3, -0.25) is 9.20 Å². The summed E-state index contributed by atoms with van der Waals surface area (Å²) in [5.74, 6) is -0.208. The van der Waals surface area contributed by atoms with Gasteiger partial charge in [0.1, 0.15) is 12.2 Å². The first-order chi connectivity index (χ1) is 14.4. The molecule has 0 aliphatic carbocycles. The van der Waals surface area contributed by atoms with Crippen molar-refractivity contribution in [2.24, 2.45) is 0 Å². The van der Waals surface area contributed by atoms with Gasteiger partial charge in [-0.05, 0) is 23.8 Å². The van der Waals surface area contributed by atoms with E-state index in [1.54, 1.807) is 30.6 Å². The lowest BCUT2D eigenvalue weighted by molar-refractivity contribution is -0.138. The predicted molar refractivity (Wildman–Crippen MR) is 102 cm³/mol. The van der Waals surface area contributed by atoms with Crippen LogP contribution in [0, 0.1) is 0 Å². The number of carbonyl (C=O) groups excluding carboxylic acids is 1. The van der Waals surface area contributed by atoms with Crippen molar-refractivity contribution in [3.05, 3.63) is 66.7 Å². The number of pyridine rings is 1. The normalized spacial score (nSPS) is 11.6. The Morgan fingerprint density at radius 3 is 2.70 bits per heavy atom. The zero-order chi connectivity index (χ0) is 21.1. The third-order valence-electron chi connectivity index (χ3n) is 4.33.